The van der Waals surface area contributed by atoms with Gasteiger partial charge in [0.25, 0.3) is 0 Å². The van der Waals surface area contributed by atoms with Gasteiger partial charge in [0.2, 0.25) is 0 Å². The van der Waals surface area contributed by atoms with Gasteiger partial charge in [-0.1, -0.05) is 6.07 Å². The van der Waals surface area contributed by atoms with Gasteiger partial charge in [-0.3, -0.25) is 0 Å². The number of aryl methyl sites for hydroxylation is 1. The number of pyridine rings is 1. The molecule has 0 aliphatic rings. The molecular weight excluding hydrogens is 265 g/mol. The fourth-order valence-electron chi connectivity index (χ4n) is 2.47. The minimum Gasteiger partial charge on any atom is -0.328 e. The molecule has 0 saturated heterocycles. The fraction of sp³-hybridized carbons (Fsp3) is 0.353. The van der Waals surface area contributed by atoms with E-state index >= 15 is 0 Å². The number of aromatic nitrogens is 1. The first kappa shape index (κ1) is 15.4. The highest BCUT2D eigenvalue weighted by Gasteiger charge is 2.12. The summed E-state index contributed by atoms with van der Waals surface area (Å²) in [4.78, 5) is 6.65. The molecule has 0 aliphatic carbocycles. The van der Waals surface area contributed by atoms with Gasteiger partial charge >= 0.3 is 0 Å². The molecule has 21 heavy (non-hydrogen) atoms. The Morgan fingerprint density at radius 3 is 2.48 bits per heavy atom. The van der Waals surface area contributed by atoms with Crippen molar-refractivity contribution in [2.24, 2.45) is 5.73 Å². The number of anilines is 2. The van der Waals surface area contributed by atoms with Gasteiger partial charge in [0.1, 0.15) is 11.6 Å². The van der Waals surface area contributed by atoms with Crippen molar-refractivity contribution >= 4 is 11.5 Å². The van der Waals surface area contributed by atoms with Crippen LogP contribution >= 0.6 is 0 Å². The summed E-state index contributed by atoms with van der Waals surface area (Å²) >= 11 is 0. The highest BCUT2D eigenvalue weighted by Crippen LogP contribution is 2.26. The zero-order valence-electron chi connectivity index (χ0n) is 12.8. The molecular formula is C17H22FN3. The van der Waals surface area contributed by atoms with Crippen molar-refractivity contribution in [3.05, 3.63) is 53.5 Å². The number of halogens is 1. The molecule has 1 aromatic heterocycles. The number of nitrogens with zero attached hydrogens (tertiary/aromatic N) is 2. The van der Waals surface area contributed by atoms with E-state index in [1.165, 1.54) is 12.1 Å². The normalized spacial score (nSPS) is 12.2. The first-order chi connectivity index (χ1) is 10.0. The molecule has 0 radical (unpaired) electrons. The number of benzene rings is 1. The summed E-state index contributed by atoms with van der Waals surface area (Å²) in [5, 5.41) is 0. The van der Waals surface area contributed by atoms with Crippen LogP contribution in [0.15, 0.2) is 36.5 Å². The maximum atomic E-state index is 13.1. The maximum Gasteiger partial charge on any atom is 0.135 e. The minimum atomic E-state index is -0.230. The lowest BCUT2D eigenvalue weighted by Crippen LogP contribution is -2.20. The first-order valence-electron chi connectivity index (χ1n) is 7.25. The van der Waals surface area contributed by atoms with Crippen LogP contribution in [0.3, 0.4) is 0 Å². The molecule has 3 nitrogen and oxygen atoms in total. The van der Waals surface area contributed by atoms with Crippen LogP contribution in [0, 0.1) is 12.7 Å². The summed E-state index contributed by atoms with van der Waals surface area (Å²) in [5.74, 6) is 0.671. The van der Waals surface area contributed by atoms with Crippen molar-refractivity contribution in [1.29, 1.82) is 0 Å². The predicted molar refractivity (Wildman–Crippen MR) is 85.4 cm³/mol. The van der Waals surface area contributed by atoms with Crippen LogP contribution in [0.25, 0.3) is 0 Å². The summed E-state index contributed by atoms with van der Waals surface area (Å²) in [6.07, 6.45) is 2.69. The Balaban J connectivity index is 2.32. The van der Waals surface area contributed by atoms with Crippen molar-refractivity contribution in [3.8, 4) is 0 Å². The van der Waals surface area contributed by atoms with Crippen LogP contribution in [-0.2, 0) is 6.42 Å². The summed E-state index contributed by atoms with van der Waals surface area (Å²) in [6.45, 7) is 6.85. The van der Waals surface area contributed by atoms with Gasteiger partial charge in [-0.25, -0.2) is 9.37 Å². The van der Waals surface area contributed by atoms with E-state index in [1.807, 2.05) is 20.0 Å². The zero-order valence-corrected chi connectivity index (χ0v) is 12.8. The van der Waals surface area contributed by atoms with Crippen molar-refractivity contribution in [2.45, 2.75) is 33.2 Å². The van der Waals surface area contributed by atoms with E-state index in [0.717, 1.165) is 35.6 Å². The summed E-state index contributed by atoms with van der Waals surface area (Å²) in [5.41, 5.74) is 9.01. The molecule has 0 amide bonds. The van der Waals surface area contributed by atoms with E-state index in [9.17, 15) is 4.39 Å². The van der Waals surface area contributed by atoms with Gasteiger partial charge in [-0.05, 0) is 62.6 Å². The molecule has 0 spiro atoms. The van der Waals surface area contributed by atoms with Gasteiger partial charge in [0.15, 0.2) is 0 Å². The van der Waals surface area contributed by atoms with Crippen LogP contribution in [-0.4, -0.2) is 17.6 Å². The smallest absolute Gasteiger partial charge is 0.135 e. The largest absolute Gasteiger partial charge is 0.328 e. The van der Waals surface area contributed by atoms with Crippen LogP contribution in [0.2, 0.25) is 0 Å². The third-order valence-electron chi connectivity index (χ3n) is 3.38. The second-order valence-electron chi connectivity index (χ2n) is 5.39. The highest BCUT2D eigenvalue weighted by atomic mass is 19.1. The molecule has 112 valence electrons. The Kier molecular flexibility index (Phi) is 4.91. The average Bonchev–Trinajstić information content (AvgIpc) is 2.43. The Hall–Kier alpha value is -1.94. The second kappa shape index (κ2) is 6.68. The minimum absolute atomic E-state index is 0.122. The van der Waals surface area contributed by atoms with Gasteiger partial charge in [-0.15, -0.1) is 0 Å². The lowest BCUT2D eigenvalue weighted by atomic mass is 10.1. The molecule has 1 atom stereocenters. The van der Waals surface area contributed by atoms with E-state index in [2.05, 4.69) is 22.9 Å². The topological polar surface area (TPSA) is 42.2 Å². The molecule has 1 unspecified atom stereocenters. The number of hydrogen-bond acceptors (Lipinski definition) is 3. The molecule has 0 bridgehead atoms. The van der Waals surface area contributed by atoms with Crippen molar-refractivity contribution in [3.63, 3.8) is 0 Å². The molecule has 2 aromatic rings. The number of hydrogen-bond donors (Lipinski definition) is 1. The van der Waals surface area contributed by atoms with E-state index in [-0.39, 0.29) is 11.9 Å². The molecule has 1 heterocycles. The molecule has 0 aliphatic heterocycles. The molecule has 0 fully saturated rings. The van der Waals surface area contributed by atoms with Gasteiger partial charge in [0, 0.05) is 24.5 Å². The SMILES string of the molecule is CCN(c1ccc(F)cc1)c1ncc(CC(C)N)cc1C. The Morgan fingerprint density at radius 1 is 1.29 bits per heavy atom. The van der Waals surface area contributed by atoms with Gasteiger partial charge in [0.05, 0.1) is 0 Å². The highest BCUT2D eigenvalue weighted by molar-refractivity contribution is 5.62. The van der Waals surface area contributed by atoms with Crippen molar-refractivity contribution in [2.75, 3.05) is 11.4 Å². The summed E-state index contributed by atoms with van der Waals surface area (Å²) < 4.78 is 13.1. The third kappa shape index (κ3) is 3.79. The predicted octanol–water partition coefficient (Wildman–Crippen LogP) is 3.58. The Bertz CT molecular complexity index is 593. The van der Waals surface area contributed by atoms with Crippen molar-refractivity contribution < 1.29 is 4.39 Å². The van der Waals surface area contributed by atoms with Crippen LogP contribution in [0.4, 0.5) is 15.9 Å². The second-order valence-corrected chi connectivity index (χ2v) is 5.39. The van der Waals surface area contributed by atoms with Crippen LogP contribution in [0.1, 0.15) is 25.0 Å². The number of rotatable bonds is 5. The summed E-state index contributed by atoms with van der Waals surface area (Å²) in [7, 11) is 0. The van der Waals surface area contributed by atoms with E-state index in [1.54, 1.807) is 12.1 Å². The third-order valence-corrected chi connectivity index (χ3v) is 3.38. The lowest BCUT2D eigenvalue weighted by Gasteiger charge is -2.24. The molecule has 1 aromatic carbocycles. The molecule has 2 rings (SSSR count). The maximum absolute atomic E-state index is 13.1. The van der Waals surface area contributed by atoms with Gasteiger partial charge in [-0.2, -0.15) is 0 Å². The Morgan fingerprint density at radius 2 is 1.95 bits per heavy atom. The molecule has 2 N–H and O–H groups in total. The summed E-state index contributed by atoms with van der Waals surface area (Å²) in [6, 6.07) is 8.73. The first-order valence-corrected chi connectivity index (χ1v) is 7.25. The molecule has 0 saturated carbocycles. The van der Waals surface area contributed by atoms with Gasteiger partial charge < -0.3 is 10.6 Å². The Labute approximate surface area is 125 Å². The fourth-order valence-corrected chi connectivity index (χ4v) is 2.47. The lowest BCUT2D eigenvalue weighted by molar-refractivity contribution is 0.628. The van der Waals surface area contributed by atoms with Crippen molar-refractivity contribution in [1.82, 2.24) is 4.98 Å². The zero-order chi connectivity index (χ0) is 15.4. The standard InChI is InChI=1S/C17H22FN3/c1-4-21(16-7-5-15(18)6-8-16)17-12(2)9-14(11-20-17)10-13(3)19/h5-9,11,13H,4,10,19H2,1-3H3. The average molecular weight is 287 g/mol. The van der Waals surface area contributed by atoms with E-state index < -0.39 is 0 Å². The monoisotopic (exact) mass is 287 g/mol. The van der Waals surface area contributed by atoms with Crippen LogP contribution in [0.5, 0.6) is 0 Å². The van der Waals surface area contributed by atoms with Crippen LogP contribution < -0.4 is 10.6 Å². The van der Waals surface area contributed by atoms with E-state index in [0.29, 0.717) is 0 Å². The number of nitrogens with two attached hydrogens (primary N) is 1. The van der Waals surface area contributed by atoms with E-state index in [4.69, 9.17) is 5.73 Å². The molecule has 4 heteroatoms. The quantitative estimate of drug-likeness (QED) is 0.914.